The Labute approximate surface area is 127 Å². The third kappa shape index (κ3) is 3.41. The Kier molecular flexibility index (Phi) is 4.30. The molecular formula is C14H19BrClN3. The van der Waals surface area contributed by atoms with Crippen molar-refractivity contribution < 1.29 is 0 Å². The maximum atomic E-state index is 5.99. The number of nitrogens with zero attached hydrogens (tertiary/aromatic N) is 2. The molecule has 19 heavy (non-hydrogen) atoms. The van der Waals surface area contributed by atoms with Crippen LogP contribution in [0.25, 0.3) is 0 Å². The number of hydrogen-bond acceptors (Lipinski definition) is 3. The molecule has 0 spiro atoms. The first-order valence-electron chi connectivity index (χ1n) is 7.05. The fourth-order valence-corrected chi connectivity index (χ4v) is 3.60. The number of aromatic nitrogens is 1. The number of pyridine rings is 1. The third-order valence-electron chi connectivity index (χ3n) is 3.88. The van der Waals surface area contributed by atoms with Crippen molar-refractivity contribution in [3.63, 3.8) is 0 Å². The fraction of sp³-hybridized carbons (Fsp3) is 0.643. The van der Waals surface area contributed by atoms with Gasteiger partial charge in [-0.2, -0.15) is 0 Å². The molecule has 1 saturated carbocycles. The normalized spacial score (nSPS) is 23.4. The van der Waals surface area contributed by atoms with Gasteiger partial charge >= 0.3 is 0 Å². The molecule has 1 aromatic heterocycles. The molecule has 2 aliphatic rings. The van der Waals surface area contributed by atoms with Gasteiger partial charge in [-0.3, -0.25) is 0 Å². The lowest BCUT2D eigenvalue weighted by atomic mass is 10.0. The summed E-state index contributed by atoms with van der Waals surface area (Å²) in [5.74, 6) is 1.04. The van der Waals surface area contributed by atoms with Gasteiger partial charge in [0.25, 0.3) is 0 Å². The van der Waals surface area contributed by atoms with E-state index in [1.165, 1.54) is 32.1 Å². The van der Waals surface area contributed by atoms with Gasteiger partial charge in [-0.05, 0) is 54.2 Å². The first-order chi connectivity index (χ1) is 9.24. The summed E-state index contributed by atoms with van der Waals surface area (Å²) in [5, 5.41) is 4.30. The van der Waals surface area contributed by atoms with Crippen LogP contribution in [0.2, 0.25) is 5.02 Å². The summed E-state index contributed by atoms with van der Waals surface area (Å²) in [6, 6.07) is 3.19. The van der Waals surface area contributed by atoms with Gasteiger partial charge in [0, 0.05) is 24.8 Å². The molecule has 1 saturated heterocycles. The summed E-state index contributed by atoms with van der Waals surface area (Å²) in [6.45, 7) is 2.20. The minimum atomic E-state index is 0.596. The van der Waals surface area contributed by atoms with E-state index in [9.17, 15) is 0 Å². The van der Waals surface area contributed by atoms with E-state index in [1.807, 2.05) is 6.07 Å². The fourth-order valence-electron chi connectivity index (χ4n) is 2.73. The number of nitrogens with one attached hydrogen (secondary N) is 1. The average Bonchev–Trinajstić information content (AvgIpc) is 3.22. The van der Waals surface area contributed by atoms with E-state index in [4.69, 9.17) is 11.6 Å². The first kappa shape index (κ1) is 13.7. The Balaban J connectivity index is 1.76. The smallest absolute Gasteiger partial charge is 0.143 e. The van der Waals surface area contributed by atoms with Crippen molar-refractivity contribution in [3.05, 3.63) is 21.8 Å². The molecule has 1 unspecified atom stereocenters. The molecule has 1 atom stereocenters. The molecule has 1 aliphatic carbocycles. The lowest BCUT2D eigenvalue weighted by Crippen LogP contribution is -2.45. The van der Waals surface area contributed by atoms with E-state index in [-0.39, 0.29) is 0 Å². The molecule has 2 heterocycles. The minimum Gasteiger partial charge on any atom is -0.351 e. The Bertz CT molecular complexity index is 444. The van der Waals surface area contributed by atoms with E-state index < -0.39 is 0 Å². The number of anilines is 1. The first-order valence-corrected chi connectivity index (χ1v) is 8.22. The highest BCUT2D eigenvalue weighted by Crippen LogP contribution is 2.35. The molecule has 1 N–H and O–H groups in total. The Morgan fingerprint density at radius 1 is 1.37 bits per heavy atom. The van der Waals surface area contributed by atoms with Crippen LogP contribution >= 0.6 is 27.5 Å². The average molecular weight is 345 g/mol. The van der Waals surface area contributed by atoms with E-state index in [1.54, 1.807) is 6.20 Å². The van der Waals surface area contributed by atoms with Crippen LogP contribution in [0, 0.1) is 0 Å². The Morgan fingerprint density at radius 2 is 2.21 bits per heavy atom. The van der Waals surface area contributed by atoms with Crippen molar-refractivity contribution in [2.45, 2.75) is 44.2 Å². The predicted molar refractivity (Wildman–Crippen MR) is 83.0 cm³/mol. The molecule has 1 aliphatic heterocycles. The number of rotatable bonds is 4. The van der Waals surface area contributed by atoms with Gasteiger partial charge in [-0.15, -0.1) is 0 Å². The maximum absolute atomic E-state index is 5.99. The predicted octanol–water partition coefficient (Wildman–Crippen LogP) is 3.61. The lowest BCUT2D eigenvalue weighted by Gasteiger charge is -2.32. The Hall–Kier alpha value is -0.320. The van der Waals surface area contributed by atoms with Crippen molar-refractivity contribution >= 4 is 33.3 Å². The van der Waals surface area contributed by atoms with Crippen LogP contribution in [-0.4, -0.2) is 30.2 Å². The minimum absolute atomic E-state index is 0.596. The van der Waals surface area contributed by atoms with Gasteiger partial charge < -0.3 is 10.2 Å². The van der Waals surface area contributed by atoms with Crippen LogP contribution < -0.4 is 10.2 Å². The van der Waals surface area contributed by atoms with Crippen molar-refractivity contribution in [1.29, 1.82) is 0 Å². The van der Waals surface area contributed by atoms with E-state index >= 15 is 0 Å². The lowest BCUT2D eigenvalue weighted by molar-refractivity contribution is 0.397. The second-order valence-corrected chi connectivity index (χ2v) is 6.78. The van der Waals surface area contributed by atoms with Gasteiger partial charge in [0.2, 0.25) is 0 Å². The van der Waals surface area contributed by atoms with Crippen LogP contribution in [0.3, 0.4) is 0 Å². The number of halogens is 2. The summed E-state index contributed by atoms with van der Waals surface area (Å²) < 4.78 is 1.00. The molecule has 5 heteroatoms. The highest BCUT2D eigenvalue weighted by atomic mass is 79.9. The molecular weight excluding hydrogens is 326 g/mol. The van der Waals surface area contributed by atoms with Crippen LogP contribution in [0.15, 0.2) is 16.7 Å². The summed E-state index contributed by atoms with van der Waals surface area (Å²) in [4.78, 5) is 6.97. The van der Waals surface area contributed by atoms with Crippen molar-refractivity contribution in [2.24, 2.45) is 0 Å². The second kappa shape index (κ2) is 5.98. The topological polar surface area (TPSA) is 28.2 Å². The molecule has 0 bridgehead atoms. The Morgan fingerprint density at radius 3 is 2.84 bits per heavy atom. The van der Waals surface area contributed by atoms with Gasteiger partial charge in [0.05, 0.1) is 9.50 Å². The standard InChI is InChI=1S/C14H19BrClN3/c15-13-7-10(16)8-18-14(13)19(12-4-5-12)9-11-3-1-2-6-17-11/h7-8,11-12,17H,1-6,9H2. The molecule has 0 radical (unpaired) electrons. The van der Waals surface area contributed by atoms with Crippen LogP contribution in [-0.2, 0) is 0 Å². The summed E-state index contributed by atoms with van der Waals surface area (Å²) >= 11 is 9.58. The van der Waals surface area contributed by atoms with Gasteiger partial charge in [-0.25, -0.2) is 4.98 Å². The quantitative estimate of drug-likeness (QED) is 0.904. The monoisotopic (exact) mass is 343 g/mol. The highest BCUT2D eigenvalue weighted by Gasteiger charge is 2.32. The van der Waals surface area contributed by atoms with E-state index in [2.05, 4.69) is 31.1 Å². The highest BCUT2D eigenvalue weighted by molar-refractivity contribution is 9.10. The van der Waals surface area contributed by atoms with Gasteiger partial charge in [-0.1, -0.05) is 18.0 Å². The van der Waals surface area contributed by atoms with Crippen molar-refractivity contribution in [3.8, 4) is 0 Å². The zero-order valence-electron chi connectivity index (χ0n) is 10.9. The molecule has 0 amide bonds. The molecule has 2 fully saturated rings. The number of piperidine rings is 1. The van der Waals surface area contributed by atoms with E-state index in [0.29, 0.717) is 17.1 Å². The van der Waals surface area contributed by atoms with Crippen molar-refractivity contribution in [1.82, 2.24) is 10.3 Å². The molecule has 1 aromatic rings. The number of hydrogen-bond donors (Lipinski definition) is 1. The van der Waals surface area contributed by atoms with Gasteiger partial charge in [0.1, 0.15) is 5.82 Å². The van der Waals surface area contributed by atoms with Gasteiger partial charge in [0.15, 0.2) is 0 Å². The molecule has 3 rings (SSSR count). The van der Waals surface area contributed by atoms with E-state index in [0.717, 1.165) is 23.4 Å². The SMILES string of the molecule is Clc1cnc(N(CC2CCCCN2)C2CC2)c(Br)c1. The van der Waals surface area contributed by atoms with Crippen LogP contribution in [0.1, 0.15) is 32.1 Å². The molecule has 104 valence electrons. The van der Waals surface area contributed by atoms with Crippen LogP contribution in [0.5, 0.6) is 0 Å². The summed E-state index contributed by atoms with van der Waals surface area (Å²) in [5.41, 5.74) is 0. The summed E-state index contributed by atoms with van der Waals surface area (Å²) in [6.07, 6.45) is 8.22. The third-order valence-corrected chi connectivity index (χ3v) is 4.67. The molecule has 0 aromatic carbocycles. The zero-order chi connectivity index (χ0) is 13.2. The van der Waals surface area contributed by atoms with Crippen molar-refractivity contribution in [2.75, 3.05) is 18.0 Å². The second-order valence-electron chi connectivity index (χ2n) is 5.49. The summed E-state index contributed by atoms with van der Waals surface area (Å²) in [7, 11) is 0. The zero-order valence-corrected chi connectivity index (χ0v) is 13.3. The van der Waals surface area contributed by atoms with Crippen LogP contribution in [0.4, 0.5) is 5.82 Å². The maximum Gasteiger partial charge on any atom is 0.143 e. The molecule has 3 nitrogen and oxygen atoms in total. The largest absolute Gasteiger partial charge is 0.351 e.